The molecule has 1 aliphatic rings. The van der Waals surface area contributed by atoms with Crippen molar-refractivity contribution in [2.24, 2.45) is 0 Å². The Morgan fingerprint density at radius 1 is 1.21 bits per heavy atom. The summed E-state index contributed by atoms with van der Waals surface area (Å²) in [4.78, 5) is 10.4. The summed E-state index contributed by atoms with van der Waals surface area (Å²) in [5.74, 6) is 0.391. The van der Waals surface area contributed by atoms with Gasteiger partial charge >= 0.3 is 0 Å². The Kier molecular flexibility index (Phi) is 5.55. The van der Waals surface area contributed by atoms with E-state index >= 15 is 0 Å². The van der Waals surface area contributed by atoms with Gasteiger partial charge in [0.15, 0.2) is 0 Å². The molecule has 0 spiro atoms. The monoisotopic (exact) mass is 485 g/mol. The fourth-order valence-electron chi connectivity index (χ4n) is 4.01. The maximum Gasteiger partial charge on any atom is 0.226 e. The summed E-state index contributed by atoms with van der Waals surface area (Å²) in [5, 5.41) is 1.37. The zero-order chi connectivity index (χ0) is 23.2. The maximum absolute atomic E-state index is 13.6. The van der Waals surface area contributed by atoms with Gasteiger partial charge in [0, 0.05) is 66.7 Å². The van der Waals surface area contributed by atoms with E-state index < -0.39 is 9.73 Å². The third-order valence-corrected chi connectivity index (χ3v) is 6.71. The molecule has 0 radical (unpaired) electrons. The van der Waals surface area contributed by atoms with Crippen molar-refractivity contribution in [1.29, 1.82) is 4.78 Å². The lowest BCUT2D eigenvalue weighted by molar-refractivity contribution is 0.219. The molecular formula is C23H21ClFN5O2S. The van der Waals surface area contributed by atoms with Crippen molar-refractivity contribution < 1.29 is 13.3 Å². The van der Waals surface area contributed by atoms with Gasteiger partial charge in [-0.15, -0.1) is 0 Å². The molecule has 1 N–H and O–H groups in total. The van der Waals surface area contributed by atoms with Crippen LogP contribution in [0.4, 0.5) is 4.39 Å². The first-order valence-corrected chi connectivity index (χ1v) is 12.6. The number of hydrogen-bond acceptors (Lipinski definition) is 6. The van der Waals surface area contributed by atoms with E-state index in [1.54, 1.807) is 18.5 Å². The number of hydrogen-bond donors (Lipinski definition) is 1. The summed E-state index contributed by atoms with van der Waals surface area (Å²) >= 11 is 6.60. The molecule has 0 saturated carbocycles. The number of nitrogens with zero attached hydrogens (tertiary/aromatic N) is 4. The Labute approximate surface area is 195 Å². The topological polar surface area (TPSA) is 84.1 Å². The van der Waals surface area contributed by atoms with Crippen LogP contribution in [0.3, 0.4) is 0 Å². The van der Waals surface area contributed by atoms with E-state index in [9.17, 15) is 8.60 Å². The third kappa shape index (κ3) is 4.44. The third-order valence-electron chi connectivity index (χ3n) is 5.52. The Morgan fingerprint density at radius 2 is 2.00 bits per heavy atom. The van der Waals surface area contributed by atoms with Crippen molar-refractivity contribution in [3.8, 4) is 11.4 Å². The molecule has 0 saturated heterocycles. The van der Waals surface area contributed by atoms with Crippen LogP contribution >= 0.6 is 11.6 Å². The number of fused-ring (bicyclic) bond motifs is 2. The number of nitrogens with one attached hydrogen (secondary N) is 1. The van der Waals surface area contributed by atoms with Crippen LogP contribution in [0.5, 0.6) is 5.75 Å². The molecule has 0 fully saturated rings. The molecule has 1 atom stereocenters. The normalized spacial score (nSPS) is 16.1. The summed E-state index contributed by atoms with van der Waals surface area (Å²) in [5.41, 5.74) is 3.55. The van der Waals surface area contributed by atoms with Crippen LogP contribution in [0.15, 0.2) is 60.1 Å². The largest absolute Gasteiger partial charge is 0.490 e. The van der Waals surface area contributed by atoms with E-state index in [0.717, 1.165) is 27.7 Å². The average molecular weight is 486 g/mol. The SMILES string of the molecule is CS(=N)(=O)c1ncc(CN2CCOc3c(Cl)cc(-n4ccc5cc(F)ccc54)cc3C2)cn1. The van der Waals surface area contributed by atoms with Crippen LogP contribution in [-0.4, -0.2) is 43.1 Å². The predicted molar refractivity (Wildman–Crippen MR) is 125 cm³/mol. The first-order chi connectivity index (χ1) is 15.8. The van der Waals surface area contributed by atoms with Gasteiger partial charge in [-0.3, -0.25) is 4.90 Å². The second-order valence-electron chi connectivity index (χ2n) is 8.08. The molecule has 170 valence electrons. The van der Waals surface area contributed by atoms with Gasteiger partial charge in [-0.2, -0.15) is 0 Å². The molecule has 1 aliphatic heterocycles. The minimum absolute atomic E-state index is 0.0334. The van der Waals surface area contributed by atoms with Gasteiger partial charge in [-0.1, -0.05) is 11.6 Å². The molecule has 4 aromatic rings. The van der Waals surface area contributed by atoms with E-state index in [2.05, 4.69) is 14.9 Å². The molecule has 10 heteroatoms. The lowest BCUT2D eigenvalue weighted by Gasteiger charge is -2.19. The molecule has 0 aliphatic carbocycles. The van der Waals surface area contributed by atoms with Crippen LogP contribution in [0.2, 0.25) is 5.02 Å². The van der Waals surface area contributed by atoms with Gasteiger partial charge in [0.25, 0.3) is 0 Å². The second kappa shape index (κ2) is 8.40. The van der Waals surface area contributed by atoms with Gasteiger partial charge in [-0.05, 0) is 36.4 Å². The highest BCUT2D eigenvalue weighted by atomic mass is 35.5. The smallest absolute Gasteiger partial charge is 0.226 e. The molecule has 1 unspecified atom stereocenters. The molecule has 3 heterocycles. The summed E-state index contributed by atoms with van der Waals surface area (Å²) in [6.45, 7) is 2.32. The van der Waals surface area contributed by atoms with Crippen LogP contribution < -0.4 is 4.74 Å². The van der Waals surface area contributed by atoms with Gasteiger partial charge in [0.05, 0.1) is 10.5 Å². The summed E-state index contributed by atoms with van der Waals surface area (Å²) in [7, 11) is -2.94. The van der Waals surface area contributed by atoms with E-state index in [1.165, 1.54) is 18.4 Å². The van der Waals surface area contributed by atoms with Crippen molar-refractivity contribution in [1.82, 2.24) is 19.4 Å². The van der Waals surface area contributed by atoms with Gasteiger partial charge in [-0.25, -0.2) is 23.3 Å². The molecule has 2 aromatic heterocycles. The number of halogens is 2. The number of benzene rings is 2. The van der Waals surface area contributed by atoms with Gasteiger partial charge < -0.3 is 9.30 Å². The average Bonchev–Trinajstić information content (AvgIpc) is 3.06. The Bertz CT molecular complexity index is 1450. The van der Waals surface area contributed by atoms with Crippen molar-refractivity contribution >= 4 is 32.2 Å². The molecule has 7 nitrogen and oxygen atoms in total. The first kappa shape index (κ1) is 21.8. The number of ether oxygens (including phenoxy) is 1. The molecule has 0 amide bonds. The quantitative estimate of drug-likeness (QED) is 0.425. The molecule has 5 rings (SSSR count). The minimum atomic E-state index is -2.94. The Hall–Kier alpha value is -3.01. The van der Waals surface area contributed by atoms with Crippen LogP contribution in [-0.2, 0) is 22.8 Å². The highest BCUT2D eigenvalue weighted by Crippen LogP contribution is 2.35. The van der Waals surface area contributed by atoms with Crippen LogP contribution in [0.1, 0.15) is 11.1 Å². The van der Waals surface area contributed by atoms with Crippen LogP contribution in [0, 0.1) is 10.6 Å². The van der Waals surface area contributed by atoms with Crippen molar-refractivity contribution in [3.63, 3.8) is 0 Å². The predicted octanol–water partition coefficient (Wildman–Crippen LogP) is 4.64. The van der Waals surface area contributed by atoms with Crippen molar-refractivity contribution in [2.75, 3.05) is 19.4 Å². The molecular weight excluding hydrogens is 465 g/mol. The maximum atomic E-state index is 13.6. The highest BCUT2D eigenvalue weighted by molar-refractivity contribution is 7.91. The van der Waals surface area contributed by atoms with E-state index in [4.69, 9.17) is 21.1 Å². The van der Waals surface area contributed by atoms with Crippen LogP contribution in [0.25, 0.3) is 16.6 Å². The molecule has 2 aromatic carbocycles. The zero-order valence-corrected chi connectivity index (χ0v) is 19.4. The summed E-state index contributed by atoms with van der Waals surface area (Å²) < 4.78 is 41.0. The summed E-state index contributed by atoms with van der Waals surface area (Å²) in [6, 6.07) is 10.5. The number of aromatic nitrogens is 3. The number of rotatable bonds is 4. The fourth-order valence-corrected chi connectivity index (χ4v) is 4.80. The van der Waals surface area contributed by atoms with Gasteiger partial charge in [0.1, 0.15) is 27.9 Å². The van der Waals surface area contributed by atoms with Crippen molar-refractivity contribution in [2.45, 2.75) is 18.2 Å². The first-order valence-electron chi connectivity index (χ1n) is 10.3. The molecule has 33 heavy (non-hydrogen) atoms. The zero-order valence-electron chi connectivity index (χ0n) is 17.8. The lowest BCUT2D eigenvalue weighted by atomic mass is 10.1. The van der Waals surface area contributed by atoms with E-state index in [1.807, 2.05) is 29.0 Å². The standard InChI is InChI=1S/C23H21ClFN5O2S/c1-33(26,31)23-27-11-15(12-28-23)13-29-6-7-32-22-17(14-29)9-19(10-20(22)24)30-5-4-16-8-18(25)2-3-21(16)30/h2-5,8-12,26H,6-7,13-14H2,1H3. The van der Waals surface area contributed by atoms with E-state index in [-0.39, 0.29) is 11.0 Å². The lowest BCUT2D eigenvalue weighted by Crippen LogP contribution is -2.25. The fraction of sp³-hybridized carbons (Fsp3) is 0.217. The van der Waals surface area contributed by atoms with Crippen molar-refractivity contribution in [3.05, 3.63) is 77.0 Å². The minimum Gasteiger partial charge on any atom is -0.490 e. The van der Waals surface area contributed by atoms with Gasteiger partial charge in [0.2, 0.25) is 5.16 Å². The summed E-state index contributed by atoms with van der Waals surface area (Å²) in [6.07, 6.45) is 6.42. The Balaban J connectivity index is 1.44. The molecule has 0 bridgehead atoms. The van der Waals surface area contributed by atoms with E-state index in [0.29, 0.717) is 37.0 Å². The highest BCUT2D eigenvalue weighted by Gasteiger charge is 2.20. The second-order valence-corrected chi connectivity index (χ2v) is 10.5. The Morgan fingerprint density at radius 3 is 2.76 bits per heavy atom.